The molecule has 0 aliphatic heterocycles. The Morgan fingerprint density at radius 1 is 1.07 bits per heavy atom. The van der Waals surface area contributed by atoms with Crippen molar-refractivity contribution < 1.29 is 0 Å². The van der Waals surface area contributed by atoms with E-state index >= 15 is 0 Å². The Balaban J connectivity index is 3.30. The van der Waals surface area contributed by atoms with E-state index in [1.807, 2.05) is 0 Å². The van der Waals surface area contributed by atoms with Gasteiger partial charge in [0.25, 0.3) is 0 Å². The first-order valence-corrected chi connectivity index (χ1v) is 5.70. The number of aryl methyl sites for hydroxylation is 1. The van der Waals surface area contributed by atoms with Gasteiger partial charge in [0.2, 0.25) is 0 Å². The zero-order valence-electron chi connectivity index (χ0n) is 10.4. The SMILES string of the molecule is CCc1c(C)[nH]c(C(C)C)c1C(C)C. The summed E-state index contributed by atoms with van der Waals surface area (Å²) in [6.45, 7) is 13.5. The highest BCUT2D eigenvalue weighted by Gasteiger charge is 2.17. The number of hydrogen-bond acceptors (Lipinski definition) is 0. The highest BCUT2D eigenvalue weighted by molar-refractivity contribution is 5.40. The van der Waals surface area contributed by atoms with E-state index in [-0.39, 0.29) is 0 Å². The molecule has 0 amide bonds. The Kier molecular flexibility index (Phi) is 3.41. The lowest BCUT2D eigenvalue weighted by Gasteiger charge is -2.12. The maximum atomic E-state index is 3.54. The van der Waals surface area contributed by atoms with Crippen molar-refractivity contribution in [2.24, 2.45) is 0 Å². The smallest absolute Gasteiger partial charge is 0.0213 e. The Morgan fingerprint density at radius 3 is 2.00 bits per heavy atom. The van der Waals surface area contributed by atoms with Crippen LogP contribution in [0.5, 0.6) is 0 Å². The van der Waals surface area contributed by atoms with Gasteiger partial charge < -0.3 is 4.98 Å². The zero-order valence-corrected chi connectivity index (χ0v) is 10.4. The minimum Gasteiger partial charge on any atom is -0.362 e. The summed E-state index contributed by atoms with van der Waals surface area (Å²) < 4.78 is 0. The van der Waals surface area contributed by atoms with Crippen molar-refractivity contribution in [1.82, 2.24) is 4.98 Å². The highest BCUT2D eigenvalue weighted by atomic mass is 14.7. The summed E-state index contributed by atoms with van der Waals surface area (Å²) >= 11 is 0. The fourth-order valence-corrected chi connectivity index (χ4v) is 2.28. The van der Waals surface area contributed by atoms with E-state index in [2.05, 4.69) is 46.5 Å². The molecule has 0 aliphatic carbocycles. The topological polar surface area (TPSA) is 15.8 Å². The van der Waals surface area contributed by atoms with Gasteiger partial charge in [-0.15, -0.1) is 0 Å². The lowest BCUT2D eigenvalue weighted by molar-refractivity contribution is 0.767. The maximum Gasteiger partial charge on any atom is 0.0213 e. The Hall–Kier alpha value is -0.720. The molecule has 14 heavy (non-hydrogen) atoms. The maximum absolute atomic E-state index is 3.54. The normalized spacial score (nSPS) is 11.7. The Labute approximate surface area is 87.9 Å². The number of H-pyrrole nitrogens is 1. The second-order valence-corrected chi connectivity index (χ2v) is 4.72. The van der Waals surface area contributed by atoms with Crippen molar-refractivity contribution in [2.75, 3.05) is 0 Å². The van der Waals surface area contributed by atoms with Gasteiger partial charge in [0, 0.05) is 11.4 Å². The molecule has 1 heteroatoms. The average Bonchev–Trinajstić information content (AvgIpc) is 2.42. The van der Waals surface area contributed by atoms with Crippen molar-refractivity contribution in [2.45, 2.75) is 59.8 Å². The van der Waals surface area contributed by atoms with Gasteiger partial charge in [-0.05, 0) is 36.3 Å². The molecule has 80 valence electrons. The van der Waals surface area contributed by atoms with Crippen molar-refractivity contribution in [3.05, 3.63) is 22.5 Å². The molecule has 0 bridgehead atoms. The molecule has 1 aromatic heterocycles. The quantitative estimate of drug-likeness (QED) is 0.743. The second-order valence-electron chi connectivity index (χ2n) is 4.72. The number of hydrogen-bond donors (Lipinski definition) is 1. The van der Waals surface area contributed by atoms with Gasteiger partial charge in [0.05, 0.1) is 0 Å². The summed E-state index contributed by atoms with van der Waals surface area (Å²) in [7, 11) is 0. The fraction of sp³-hybridized carbons (Fsp3) is 0.692. The van der Waals surface area contributed by atoms with E-state index in [9.17, 15) is 0 Å². The van der Waals surface area contributed by atoms with E-state index in [1.54, 1.807) is 5.56 Å². The molecule has 0 aliphatic rings. The number of aromatic nitrogens is 1. The molecular formula is C13H23N. The third-order valence-electron chi connectivity index (χ3n) is 2.90. The van der Waals surface area contributed by atoms with Crippen LogP contribution in [0, 0.1) is 6.92 Å². The van der Waals surface area contributed by atoms with Gasteiger partial charge in [-0.2, -0.15) is 0 Å². The highest BCUT2D eigenvalue weighted by Crippen LogP contribution is 2.31. The van der Waals surface area contributed by atoms with Crippen LogP contribution in [0.4, 0.5) is 0 Å². The van der Waals surface area contributed by atoms with Gasteiger partial charge in [-0.3, -0.25) is 0 Å². The Morgan fingerprint density at radius 2 is 1.64 bits per heavy atom. The van der Waals surface area contributed by atoms with Crippen LogP contribution in [0.25, 0.3) is 0 Å². The largest absolute Gasteiger partial charge is 0.362 e. The second kappa shape index (κ2) is 4.20. The molecule has 0 aromatic carbocycles. The molecule has 0 atom stereocenters. The van der Waals surface area contributed by atoms with Crippen LogP contribution >= 0.6 is 0 Å². The third kappa shape index (κ3) is 1.87. The minimum absolute atomic E-state index is 0.603. The number of rotatable bonds is 3. The summed E-state index contributed by atoms with van der Waals surface area (Å²) in [5.41, 5.74) is 5.89. The predicted molar refractivity (Wildman–Crippen MR) is 63.1 cm³/mol. The summed E-state index contributed by atoms with van der Waals surface area (Å²) in [4.78, 5) is 3.54. The van der Waals surface area contributed by atoms with Crippen LogP contribution in [-0.2, 0) is 6.42 Å². The number of aromatic amines is 1. The lowest BCUT2D eigenvalue weighted by atomic mass is 9.92. The van der Waals surface area contributed by atoms with E-state index in [0.717, 1.165) is 6.42 Å². The minimum atomic E-state index is 0.603. The van der Waals surface area contributed by atoms with Crippen molar-refractivity contribution in [3.8, 4) is 0 Å². The molecule has 1 heterocycles. The van der Waals surface area contributed by atoms with E-state index < -0.39 is 0 Å². The van der Waals surface area contributed by atoms with Crippen LogP contribution < -0.4 is 0 Å². The van der Waals surface area contributed by atoms with Crippen LogP contribution in [-0.4, -0.2) is 4.98 Å². The average molecular weight is 193 g/mol. The Bertz CT molecular complexity index is 305. The summed E-state index contributed by atoms with van der Waals surface area (Å²) in [6, 6.07) is 0. The standard InChI is InChI=1S/C13H23N/c1-7-11-10(6)14-13(9(4)5)12(11)8(2)3/h8-9,14H,7H2,1-6H3. The van der Waals surface area contributed by atoms with E-state index in [4.69, 9.17) is 0 Å². The fourth-order valence-electron chi connectivity index (χ4n) is 2.28. The molecule has 0 saturated heterocycles. The van der Waals surface area contributed by atoms with E-state index in [1.165, 1.54) is 17.0 Å². The zero-order chi connectivity index (χ0) is 10.9. The monoisotopic (exact) mass is 193 g/mol. The van der Waals surface area contributed by atoms with Crippen LogP contribution in [0.1, 0.15) is 69.0 Å². The van der Waals surface area contributed by atoms with Crippen LogP contribution in [0.15, 0.2) is 0 Å². The molecule has 1 rings (SSSR count). The first kappa shape index (κ1) is 11.4. The molecule has 0 spiro atoms. The summed E-state index contributed by atoms with van der Waals surface area (Å²) in [5, 5.41) is 0. The van der Waals surface area contributed by atoms with Crippen molar-refractivity contribution in [1.29, 1.82) is 0 Å². The molecule has 1 nitrogen and oxygen atoms in total. The summed E-state index contributed by atoms with van der Waals surface area (Å²) in [6.07, 6.45) is 1.14. The van der Waals surface area contributed by atoms with Crippen LogP contribution in [0.2, 0.25) is 0 Å². The molecular weight excluding hydrogens is 170 g/mol. The van der Waals surface area contributed by atoms with E-state index in [0.29, 0.717) is 11.8 Å². The molecule has 1 N–H and O–H groups in total. The number of nitrogens with one attached hydrogen (secondary N) is 1. The van der Waals surface area contributed by atoms with Gasteiger partial charge in [0.15, 0.2) is 0 Å². The molecule has 1 aromatic rings. The summed E-state index contributed by atoms with van der Waals surface area (Å²) in [5.74, 6) is 1.23. The van der Waals surface area contributed by atoms with Gasteiger partial charge in [0.1, 0.15) is 0 Å². The molecule has 0 unspecified atom stereocenters. The van der Waals surface area contributed by atoms with Crippen LogP contribution in [0.3, 0.4) is 0 Å². The van der Waals surface area contributed by atoms with Gasteiger partial charge in [-0.1, -0.05) is 34.6 Å². The molecule has 0 saturated carbocycles. The third-order valence-corrected chi connectivity index (χ3v) is 2.90. The van der Waals surface area contributed by atoms with Crippen molar-refractivity contribution >= 4 is 0 Å². The first-order valence-electron chi connectivity index (χ1n) is 5.70. The molecule has 0 fully saturated rings. The van der Waals surface area contributed by atoms with Crippen molar-refractivity contribution in [3.63, 3.8) is 0 Å². The molecule has 0 radical (unpaired) electrons. The van der Waals surface area contributed by atoms with Gasteiger partial charge >= 0.3 is 0 Å². The first-order chi connectivity index (χ1) is 6.49. The van der Waals surface area contributed by atoms with Gasteiger partial charge in [-0.25, -0.2) is 0 Å². The predicted octanol–water partition coefficient (Wildman–Crippen LogP) is 4.13. The lowest BCUT2D eigenvalue weighted by Crippen LogP contribution is -1.98.